The average molecular weight is 262 g/mol. The molecule has 0 atom stereocenters. The van der Waals surface area contributed by atoms with Crippen molar-refractivity contribution in [3.05, 3.63) is 59.7 Å². The van der Waals surface area contributed by atoms with Crippen LogP contribution in [0.15, 0.2) is 48.5 Å². The van der Waals surface area contributed by atoms with Crippen LogP contribution in [-0.2, 0) is 11.2 Å². The van der Waals surface area contributed by atoms with E-state index in [9.17, 15) is 4.79 Å². The minimum Gasteiger partial charge on any atom is -0.397 e. The number of nitrogens with zero attached hydrogens (tertiary/aromatic N) is 1. The summed E-state index contributed by atoms with van der Waals surface area (Å²) in [5.41, 5.74) is 9.36. The molecule has 3 heteroatoms. The summed E-state index contributed by atoms with van der Waals surface area (Å²) in [7, 11) is 0. The Bertz CT molecular complexity index is 711. The molecule has 98 valence electrons. The lowest BCUT2D eigenvalue weighted by molar-refractivity contribution is -0.113. The van der Waals surface area contributed by atoms with Crippen molar-refractivity contribution in [3.8, 4) is 11.8 Å². The van der Waals surface area contributed by atoms with Crippen molar-refractivity contribution >= 4 is 17.3 Å². The first kappa shape index (κ1) is 12.3. The first-order valence-corrected chi connectivity index (χ1v) is 6.51. The van der Waals surface area contributed by atoms with Gasteiger partial charge in [-0.15, -0.1) is 0 Å². The number of benzene rings is 2. The molecule has 1 heterocycles. The SMILES string of the molecule is Nc1cccc2c1N(C(=O)C#Cc1ccccc1)CC2. The Hall–Kier alpha value is -2.73. The van der Waals surface area contributed by atoms with Crippen LogP contribution in [0.3, 0.4) is 0 Å². The van der Waals surface area contributed by atoms with Crippen LogP contribution >= 0.6 is 0 Å². The van der Waals surface area contributed by atoms with Gasteiger partial charge >= 0.3 is 5.91 Å². The van der Waals surface area contributed by atoms with E-state index in [1.54, 1.807) is 4.90 Å². The van der Waals surface area contributed by atoms with Crippen molar-refractivity contribution in [2.45, 2.75) is 6.42 Å². The fourth-order valence-corrected chi connectivity index (χ4v) is 2.40. The average Bonchev–Trinajstić information content (AvgIpc) is 2.91. The summed E-state index contributed by atoms with van der Waals surface area (Å²) in [5.74, 6) is 5.38. The molecule has 0 bridgehead atoms. The zero-order valence-corrected chi connectivity index (χ0v) is 11.0. The summed E-state index contributed by atoms with van der Waals surface area (Å²) in [6.45, 7) is 0.645. The summed E-state index contributed by atoms with van der Waals surface area (Å²) < 4.78 is 0. The second-order valence-corrected chi connectivity index (χ2v) is 4.68. The number of rotatable bonds is 0. The highest BCUT2D eigenvalue weighted by molar-refractivity contribution is 6.09. The Labute approximate surface area is 118 Å². The number of nitrogens with two attached hydrogens (primary N) is 1. The molecule has 2 N–H and O–H groups in total. The van der Waals surface area contributed by atoms with Crippen LogP contribution in [0.25, 0.3) is 0 Å². The fourth-order valence-electron chi connectivity index (χ4n) is 2.40. The van der Waals surface area contributed by atoms with Crippen LogP contribution < -0.4 is 10.6 Å². The van der Waals surface area contributed by atoms with Gasteiger partial charge in [0.2, 0.25) is 0 Å². The zero-order chi connectivity index (χ0) is 13.9. The van der Waals surface area contributed by atoms with Gasteiger partial charge < -0.3 is 5.73 Å². The van der Waals surface area contributed by atoms with Gasteiger partial charge in [-0.1, -0.05) is 36.3 Å². The summed E-state index contributed by atoms with van der Waals surface area (Å²) in [6.07, 6.45) is 0.832. The van der Waals surface area contributed by atoms with Crippen LogP contribution in [0.2, 0.25) is 0 Å². The van der Waals surface area contributed by atoms with Gasteiger partial charge in [0.05, 0.1) is 11.4 Å². The molecule has 3 nitrogen and oxygen atoms in total. The maximum absolute atomic E-state index is 12.2. The van der Waals surface area contributed by atoms with Crippen molar-refractivity contribution in [1.29, 1.82) is 0 Å². The van der Waals surface area contributed by atoms with Crippen molar-refractivity contribution in [2.75, 3.05) is 17.2 Å². The third-order valence-corrected chi connectivity index (χ3v) is 3.36. The fraction of sp³-hybridized carbons (Fsp3) is 0.118. The van der Waals surface area contributed by atoms with Crippen LogP contribution in [0.4, 0.5) is 11.4 Å². The number of carbonyl (C=O) groups is 1. The highest BCUT2D eigenvalue weighted by Gasteiger charge is 2.25. The minimum absolute atomic E-state index is 0.203. The maximum Gasteiger partial charge on any atom is 0.303 e. The second kappa shape index (κ2) is 5.10. The van der Waals surface area contributed by atoms with Gasteiger partial charge in [0.1, 0.15) is 0 Å². The molecule has 0 fully saturated rings. The smallest absolute Gasteiger partial charge is 0.303 e. The second-order valence-electron chi connectivity index (χ2n) is 4.68. The lowest BCUT2D eigenvalue weighted by atomic mass is 10.1. The van der Waals surface area contributed by atoms with Gasteiger partial charge in [-0.05, 0) is 30.2 Å². The van der Waals surface area contributed by atoms with Gasteiger partial charge in [0.15, 0.2) is 0 Å². The first-order chi connectivity index (χ1) is 9.75. The standard InChI is InChI=1S/C17H14N2O/c18-15-8-4-7-14-11-12-19(17(14)15)16(20)10-9-13-5-2-1-3-6-13/h1-8H,11-12,18H2. The lowest BCUT2D eigenvalue weighted by Crippen LogP contribution is -2.28. The number of hydrogen-bond donors (Lipinski definition) is 1. The number of carbonyl (C=O) groups excluding carboxylic acids is 1. The van der Waals surface area contributed by atoms with Crippen LogP contribution in [-0.4, -0.2) is 12.5 Å². The quantitative estimate of drug-likeness (QED) is 0.584. The Morgan fingerprint density at radius 3 is 2.70 bits per heavy atom. The summed E-state index contributed by atoms with van der Waals surface area (Å²) in [5, 5.41) is 0. The van der Waals surface area contributed by atoms with E-state index in [0.29, 0.717) is 12.2 Å². The topological polar surface area (TPSA) is 46.3 Å². The van der Waals surface area contributed by atoms with Crippen molar-refractivity contribution in [2.24, 2.45) is 0 Å². The molecule has 2 aromatic carbocycles. The number of hydrogen-bond acceptors (Lipinski definition) is 2. The van der Waals surface area contributed by atoms with Gasteiger partial charge in [0, 0.05) is 18.0 Å². The molecule has 1 aliphatic rings. The molecule has 1 amide bonds. The zero-order valence-electron chi connectivity index (χ0n) is 11.0. The van der Waals surface area contributed by atoms with E-state index in [4.69, 9.17) is 5.73 Å². The van der Waals surface area contributed by atoms with Gasteiger partial charge in [0.25, 0.3) is 0 Å². The van der Waals surface area contributed by atoms with Crippen LogP contribution in [0.5, 0.6) is 0 Å². The molecule has 0 unspecified atom stereocenters. The molecule has 1 aliphatic heterocycles. The number of nitrogen functional groups attached to an aromatic ring is 1. The molecule has 0 spiro atoms. The third kappa shape index (κ3) is 2.24. The first-order valence-electron chi connectivity index (χ1n) is 6.51. The molecule has 3 rings (SSSR count). The predicted molar refractivity (Wildman–Crippen MR) is 80.2 cm³/mol. The summed E-state index contributed by atoms with van der Waals surface area (Å²) in [6, 6.07) is 15.2. The van der Waals surface area contributed by atoms with Gasteiger partial charge in [-0.3, -0.25) is 9.69 Å². The van der Waals surface area contributed by atoms with Crippen molar-refractivity contribution in [3.63, 3.8) is 0 Å². The minimum atomic E-state index is -0.203. The van der Waals surface area contributed by atoms with E-state index in [1.807, 2.05) is 48.5 Å². The van der Waals surface area contributed by atoms with Gasteiger partial charge in [-0.2, -0.15) is 0 Å². The molecule has 0 radical (unpaired) electrons. The Morgan fingerprint density at radius 2 is 1.90 bits per heavy atom. The normalized spacial score (nSPS) is 12.5. The molecule has 2 aromatic rings. The maximum atomic E-state index is 12.2. The molecule has 0 aromatic heterocycles. The van der Waals surface area contributed by atoms with E-state index in [-0.39, 0.29) is 5.91 Å². The molecule has 20 heavy (non-hydrogen) atoms. The van der Waals surface area contributed by atoms with Crippen molar-refractivity contribution in [1.82, 2.24) is 0 Å². The Kier molecular flexibility index (Phi) is 3.14. The molecule has 0 aliphatic carbocycles. The van der Waals surface area contributed by atoms with E-state index in [2.05, 4.69) is 11.8 Å². The van der Waals surface area contributed by atoms with Crippen LogP contribution in [0, 0.1) is 11.8 Å². The van der Waals surface area contributed by atoms with Gasteiger partial charge in [-0.25, -0.2) is 0 Å². The van der Waals surface area contributed by atoms with E-state index < -0.39 is 0 Å². The van der Waals surface area contributed by atoms with E-state index in [1.165, 1.54) is 0 Å². The molecule has 0 saturated heterocycles. The van der Waals surface area contributed by atoms with Crippen molar-refractivity contribution < 1.29 is 4.79 Å². The Balaban J connectivity index is 1.87. The largest absolute Gasteiger partial charge is 0.397 e. The summed E-state index contributed by atoms with van der Waals surface area (Å²) >= 11 is 0. The number of anilines is 2. The van der Waals surface area contributed by atoms with E-state index >= 15 is 0 Å². The Morgan fingerprint density at radius 1 is 1.10 bits per heavy atom. The van der Waals surface area contributed by atoms with E-state index in [0.717, 1.165) is 23.2 Å². The molecular weight excluding hydrogens is 248 g/mol. The lowest BCUT2D eigenvalue weighted by Gasteiger charge is -2.15. The molecular formula is C17H14N2O. The predicted octanol–water partition coefficient (Wildman–Crippen LogP) is 2.21. The highest BCUT2D eigenvalue weighted by atomic mass is 16.2. The molecule has 0 saturated carbocycles. The number of para-hydroxylation sites is 1. The van der Waals surface area contributed by atoms with Crippen LogP contribution in [0.1, 0.15) is 11.1 Å². The highest BCUT2D eigenvalue weighted by Crippen LogP contribution is 2.33. The monoisotopic (exact) mass is 262 g/mol. The number of amides is 1. The third-order valence-electron chi connectivity index (χ3n) is 3.36. The number of fused-ring (bicyclic) bond motifs is 1. The summed E-state index contributed by atoms with van der Waals surface area (Å²) in [4.78, 5) is 13.9.